The zero-order valence-corrected chi connectivity index (χ0v) is 10.6. The smallest absolute Gasteiger partial charge is 0.162 e. The molecule has 0 aliphatic heterocycles. The van der Waals surface area contributed by atoms with Crippen LogP contribution in [0.4, 0.5) is 18.9 Å². The summed E-state index contributed by atoms with van der Waals surface area (Å²) < 4.78 is 44.6. The van der Waals surface area contributed by atoms with Gasteiger partial charge in [-0.2, -0.15) is 0 Å². The molecule has 2 N–H and O–H groups in total. The molecule has 0 heterocycles. The summed E-state index contributed by atoms with van der Waals surface area (Å²) in [6, 6.07) is 5.92. The number of ether oxygens (including phenoxy) is 1. The van der Waals surface area contributed by atoms with Crippen LogP contribution in [0.2, 0.25) is 0 Å². The van der Waals surface area contributed by atoms with Crippen LogP contribution in [0, 0.1) is 17.5 Å². The quantitative estimate of drug-likeness (QED) is 0.903. The summed E-state index contributed by atoms with van der Waals surface area (Å²) in [5.74, 6) is -2.93. The van der Waals surface area contributed by atoms with E-state index in [0.29, 0.717) is 17.7 Å². The summed E-state index contributed by atoms with van der Waals surface area (Å²) in [5.41, 5.74) is -0.0545. The third-order valence-corrected chi connectivity index (χ3v) is 2.76. The Morgan fingerprint density at radius 1 is 1.15 bits per heavy atom. The van der Waals surface area contributed by atoms with Crippen molar-refractivity contribution >= 4 is 5.69 Å². The Kier molecular flexibility index (Phi) is 4.02. The van der Waals surface area contributed by atoms with Crippen molar-refractivity contribution in [1.29, 1.82) is 0 Å². The molecule has 0 aliphatic rings. The Labute approximate surface area is 113 Å². The third kappa shape index (κ3) is 2.79. The number of para-hydroxylation sites is 1. The van der Waals surface area contributed by atoms with E-state index >= 15 is 0 Å². The number of nitrogens with one attached hydrogen (secondary N) is 1. The van der Waals surface area contributed by atoms with Gasteiger partial charge >= 0.3 is 0 Å². The molecule has 0 amide bonds. The monoisotopic (exact) mass is 283 g/mol. The molecule has 2 aromatic carbocycles. The van der Waals surface area contributed by atoms with Gasteiger partial charge in [0.25, 0.3) is 0 Å². The molecule has 0 radical (unpaired) electrons. The topological polar surface area (TPSA) is 41.5 Å². The highest BCUT2D eigenvalue weighted by Gasteiger charge is 2.13. The van der Waals surface area contributed by atoms with Gasteiger partial charge in [-0.05, 0) is 6.07 Å². The summed E-state index contributed by atoms with van der Waals surface area (Å²) in [4.78, 5) is 0. The third-order valence-electron chi connectivity index (χ3n) is 2.76. The predicted octanol–water partition coefficient (Wildman–Crippen LogP) is 3.43. The molecule has 0 fully saturated rings. The van der Waals surface area contributed by atoms with Gasteiger partial charge in [-0.1, -0.05) is 12.1 Å². The van der Waals surface area contributed by atoms with Gasteiger partial charge in [0.05, 0.1) is 7.11 Å². The van der Waals surface area contributed by atoms with Crippen molar-refractivity contribution in [2.75, 3.05) is 12.4 Å². The van der Waals surface area contributed by atoms with E-state index in [0.717, 1.165) is 0 Å². The Morgan fingerprint density at radius 3 is 2.40 bits per heavy atom. The van der Waals surface area contributed by atoms with Crippen LogP contribution < -0.4 is 10.1 Å². The number of benzene rings is 2. The molecule has 2 aromatic rings. The molecular formula is C14H12F3NO2. The second-order valence-electron chi connectivity index (χ2n) is 4.07. The van der Waals surface area contributed by atoms with Gasteiger partial charge in [-0.25, -0.2) is 13.2 Å². The molecule has 106 valence electrons. The summed E-state index contributed by atoms with van der Waals surface area (Å²) in [6.07, 6.45) is 0. The maximum atomic E-state index is 13.4. The van der Waals surface area contributed by atoms with E-state index in [2.05, 4.69) is 5.32 Å². The first-order chi connectivity index (χ1) is 9.52. The molecule has 0 bridgehead atoms. The minimum absolute atomic E-state index is 0.0392. The highest BCUT2D eigenvalue weighted by molar-refractivity contribution is 5.50. The standard InChI is InChI=1S/C14H12F3NO2/c1-20-12-4-2-3-8(14(12)19)7-18-13-10(16)5-9(15)6-11(13)17/h2-6,18-19H,7H2,1H3. The molecular weight excluding hydrogens is 271 g/mol. The van der Waals surface area contributed by atoms with E-state index < -0.39 is 23.1 Å². The second-order valence-corrected chi connectivity index (χ2v) is 4.07. The van der Waals surface area contributed by atoms with Crippen LogP contribution >= 0.6 is 0 Å². The number of hydrogen-bond acceptors (Lipinski definition) is 3. The van der Waals surface area contributed by atoms with Crippen LogP contribution in [0.5, 0.6) is 11.5 Å². The Hall–Kier alpha value is -2.37. The van der Waals surface area contributed by atoms with Crippen LogP contribution in [0.25, 0.3) is 0 Å². The molecule has 0 saturated carbocycles. The lowest BCUT2D eigenvalue weighted by Crippen LogP contribution is -2.05. The van der Waals surface area contributed by atoms with Gasteiger partial charge in [0.2, 0.25) is 0 Å². The van der Waals surface area contributed by atoms with E-state index in [1.165, 1.54) is 7.11 Å². The van der Waals surface area contributed by atoms with E-state index in [9.17, 15) is 18.3 Å². The van der Waals surface area contributed by atoms with Gasteiger partial charge in [0.15, 0.2) is 23.1 Å². The van der Waals surface area contributed by atoms with Crippen molar-refractivity contribution in [2.45, 2.75) is 6.54 Å². The maximum absolute atomic E-state index is 13.4. The molecule has 0 spiro atoms. The number of anilines is 1. The van der Waals surface area contributed by atoms with Crippen molar-refractivity contribution in [3.8, 4) is 11.5 Å². The first-order valence-electron chi connectivity index (χ1n) is 5.76. The number of phenolic OH excluding ortho intramolecular Hbond substituents is 1. The lowest BCUT2D eigenvalue weighted by Gasteiger charge is -2.12. The highest BCUT2D eigenvalue weighted by atomic mass is 19.1. The van der Waals surface area contributed by atoms with Crippen molar-refractivity contribution < 1.29 is 23.0 Å². The summed E-state index contributed by atoms with van der Waals surface area (Å²) in [5, 5.41) is 12.3. The maximum Gasteiger partial charge on any atom is 0.162 e. The molecule has 0 atom stereocenters. The molecule has 20 heavy (non-hydrogen) atoms. The number of methoxy groups -OCH3 is 1. The molecule has 0 aromatic heterocycles. The average Bonchev–Trinajstić information content (AvgIpc) is 2.39. The Bertz CT molecular complexity index is 609. The van der Waals surface area contributed by atoms with Gasteiger partial charge in [-0.15, -0.1) is 0 Å². The van der Waals surface area contributed by atoms with Crippen molar-refractivity contribution in [3.63, 3.8) is 0 Å². The number of phenols is 1. The van der Waals surface area contributed by atoms with E-state index in [4.69, 9.17) is 4.74 Å². The minimum Gasteiger partial charge on any atom is -0.504 e. The zero-order chi connectivity index (χ0) is 14.7. The van der Waals surface area contributed by atoms with E-state index in [1.54, 1.807) is 18.2 Å². The van der Waals surface area contributed by atoms with Crippen LogP contribution in [0.1, 0.15) is 5.56 Å². The van der Waals surface area contributed by atoms with Gasteiger partial charge in [-0.3, -0.25) is 0 Å². The Morgan fingerprint density at radius 2 is 1.80 bits per heavy atom. The minimum atomic E-state index is -1.04. The van der Waals surface area contributed by atoms with Crippen LogP contribution in [0.15, 0.2) is 30.3 Å². The van der Waals surface area contributed by atoms with Crippen LogP contribution in [-0.4, -0.2) is 12.2 Å². The normalized spacial score (nSPS) is 10.4. The summed E-state index contributed by atoms with van der Waals surface area (Å²) >= 11 is 0. The van der Waals surface area contributed by atoms with Crippen molar-refractivity contribution in [1.82, 2.24) is 0 Å². The fourth-order valence-electron chi connectivity index (χ4n) is 1.77. The van der Waals surface area contributed by atoms with Gasteiger partial charge in [0, 0.05) is 24.2 Å². The van der Waals surface area contributed by atoms with E-state index in [-0.39, 0.29) is 18.0 Å². The van der Waals surface area contributed by atoms with E-state index in [1.807, 2.05) is 0 Å². The fraction of sp³-hybridized carbons (Fsp3) is 0.143. The molecule has 3 nitrogen and oxygen atoms in total. The van der Waals surface area contributed by atoms with Crippen molar-refractivity contribution in [2.24, 2.45) is 0 Å². The predicted molar refractivity (Wildman–Crippen MR) is 68.3 cm³/mol. The first kappa shape index (κ1) is 14.0. The number of rotatable bonds is 4. The molecule has 0 saturated heterocycles. The number of halogens is 3. The van der Waals surface area contributed by atoms with Gasteiger partial charge in [0.1, 0.15) is 11.5 Å². The zero-order valence-electron chi connectivity index (χ0n) is 10.6. The number of hydrogen-bond donors (Lipinski definition) is 2. The SMILES string of the molecule is COc1cccc(CNc2c(F)cc(F)cc2F)c1O. The molecule has 0 unspecified atom stereocenters. The molecule has 0 aliphatic carbocycles. The van der Waals surface area contributed by atoms with Gasteiger partial charge < -0.3 is 15.2 Å². The lowest BCUT2D eigenvalue weighted by molar-refractivity contribution is 0.371. The van der Waals surface area contributed by atoms with Crippen molar-refractivity contribution in [3.05, 3.63) is 53.3 Å². The summed E-state index contributed by atoms with van der Waals surface area (Å²) in [7, 11) is 1.39. The average molecular weight is 283 g/mol. The van der Waals surface area contributed by atoms with Crippen LogP contribution in [-0.2, 0) is 6.54 Å². The lowest BCUT2D eigenvalue weighted by atomic mass is 10.1. The largest absolute Gasteiger partial charge is 0.504 e. The highest BCUT2D eigenvalue weighted by Crippen LogP contribution is 2.30. The number of aromatic hydroxyl groups is 1. The second kappa shape index (κ2) is 5.73. The van der Waals surface area contributed by atoms with Crippen LogP contribution in [0.3, 0.4) is 0 Å². The molecule has 2 rings (SSSR count). The summed E-state index contributed by atoms with van der Waals surface area (Å²) in [6.45, 7) is -0.0392. The Balaban J connectivity index is 2.21. The fourth-order valence-corrected chi connectivity index (χ4v) is 1.77. The first-order valence-corrected chi connectivity index (χ1v) is 5.76. The molecule has 6 heteroatoms.